The van der Waals surface area contributed by atoms with Crippen molar-refractivity contribution in [3.8, 4) is 0 Å². The third kappa shape index (κ3) is 23.0. The van der Waals surface area contributed by atoms with Gasteiger partial charge in [0.15, 0.2) is 0 Å². The van der Waals surface area contributed by atoms with Gasteiger partial charge in [-0.15, -0.1) is 0 Å². The number of unbranched alkanes of at least 4 members (excludes halogenated alkanes) is 2. The summed E-state index contributed by atoms with van der Waals surface area (Å²) in [7, 11) is 0. The van der Waals surface area contributed by atoms with E-state index in [1.54, 1.807) is 8.87 Å². The van der Waals surface area contributed by atoms with E-state index in [-0.39, 0.29) is 46.0 Å². The Morgan fingerprint density at radius 2 is 0.941 bits per heavy atom. The average molecular weight is 388 g/mol. The van der Waals surface area contributed by atoms with Crippen molar-refractivity contribution < 1.29 is 24.8 Å². The van der Waals surface area contributed by atoms with Crippen molar-refractivity contribution in [2.24, 2.45) is 0 Å². The molecule has 3 heteroatoms. The topological polar surface area (TPSA) is 0 Å². The minimum absolute atomic E-state index is 0. The molecular weight excluding hydrogens is 358 g/mol. The molecule has 1 aliphatic carbocycles. The van der Waals surface area contributed by atoms with Crippen molar-refractivity contribution >= 4 is 21.1 Å². The molecule has 0 unspecified atom stereocenters. The molecule has 0 spiro atoms. The molecule has 0 aromatic heterocycles. The molecule has 0 aliphatic heterocycles. The molecule has 0 bridgehead atoms. The van der Waals surface area contributed by atoms with Crippen LogP contribution in [0.3, 0.4) is 0 Å². The zero-order valence-electron chi connectivity index (χ0n) is 11.7. The van der Waals surface area contributed by atoms with Gasteiger partial charge in [0.2, 0.25) is 0 Å². The summed E-state index contributed by atoms with van der Waals surface area (Å²) >= 11 is 0.149. The molecule has 0 aromatic carbocycles. The quantitative estimate of drug-likeness (QED) is 0.425. The second-order valence-electron chi connectivity index (χ2n) is 4.58. The van der Waals surface area contributed by atoms with Crippen molar-refractivity contribution in [3.05, 3.63) is 0 Å². The maximum atomic E-state index is 2.29. The minimum atomic E-state index is 0. The van der Waals surface area contributed by atoms with Crippen molar-refractivity contribution in [2.75, 3.05) is 0 Å². The van der Waals surface area contributed by atoms with E-state index in [1.807, 2.05) is 0 Å². The molecule has 1 rings (SSSR count). The van der Waals surface area contributed by atoms with Gasteiger partial charge in [-0.1, -0.05) is 38.5 Å². The Morgan fingerprint density at radius 3 is 1.18 bits per heavy atom. The fourth-order valence-corrected chi connectivity index (χ4v) is 5.95. The first-order chi connectivity index (χ1) is 7.41. The summed E-state index contributed by atoms with van der Waals surface area (Å²) in [6.07, 6.45) is 14.8. The fraction of sp³-hybridized carbons (Fsp3) is 1.00. The third-order valence-corrected chi connectivity index (χ3v) is 6.95. The predicted molar refractivity (Wildman–Crippen MR) is 72.9 cm³/mol. The van der Waals surface area contributed by atoms with Crippen molar-refractivity contribution in [2.45, 2.75) is 86.9 Å². The van der Waals surface area contributed by atoms with E-state index in [0.29, 0.717) is 0 Å². The van der Waals surface area contributed by atoms with E-state index in [9.17, 15) is 0 Å². The van der Waals surface area contributed by atoms with Gasteiger partial charge in [0.05, 0.1) is 0 Å². The van der Waals surface area contributed by atoms with Crippen LogP contribution in [-0.2, 0) is 0 Å². The Bertz CT molecular complexity index is 88.9. The number of hydrogen-bond donors (Lipinski definition) is 0. The Kier molecular flexibility index (Phi) is 31.1. The van der Waals surface area contributed by atoms with Gasteiger partial charge in [0.1, 0.15) is 0 Å². The van der Waals surface area contributed by atoms with Gasteiger partial charge in [0.25, 0.3) is 0 Å². The molecule has 104 valence electrons. The van der Waals surface area contributed by atoms with Gasteiger partial charge >= 0.3 is 69.5 Å². The minimum Gasteiger partial charge on any atom is -1.00 e. The molecule has 0 aromatic rings. The Balaban J connectivity index is -0.000000216. The first-order valence-corrected chi connectivity index (χ1v) is 11.2. The number of rotatable bonds is 6. The van der Waals surface area contributed by atoms with E-state index in [1.165, 1.54) is 64.2 Å². The van der Waals surface area contributed by atoms with E-state index < -0.39 is 0 Å². The molecule has 1 fully saturated rings. The van der Waals surface area contributed by atoms with Crippen LogP contribution in [0.2, 0.25) is 8.87 Å². The Labute approximate surface area is 132 Å². The zero-order valence-corrected chi connectivity index (χ0v) is 16.1. The first kappa shape index (κ1) is 23.5. The Hall–Kier alpha value is 1.38. The van der Waals surface area contributed by atoms with Crippen molar-refractivity contribution in [1.29, 1.82) is 0 Å². The van der Waals surface area contributed by atoms with Crippen LogP contribution < -0.4 is 24.8 Å². The molecule has 0 N–H and O–H groups in total. The summed E-state index contributed by atoms with van der Waals surface area (Å²) in [5.41, 5.74) is 0. The maximum absolute atomic E-state index is 2.29. The van der Waals surface area contributed by atoms with Crippen LogP contribution in [0.5, 0.6) is 0 Å². The van der Waals surface area contributed by atoms with Crippen molar-refractivity contribution in [3.63, 3.8) is 0 Å². The van der Waals surface area contributed by atoms with Crippen LogP contribution in [0, 0.1) is 0 Å². The Morgan fingerprint density at radius 1 is 0.647 bits per heavy atom. The summed E-state index contributed by atoms with van der Waals surface area (Å²) in [4.78, 5) is 0. The molecule has 0 amide bonds. The molecule has 1 saturated carbocycles. The van der Waals surface area contributed by atoms with E-state index in [4.69, 9.17) is 0 Å². The predicted octanol–water partition coefficient (Wildman–Crippen LogP) is -0.524. The van der Waals surface area contributed by atoms with Gasteiger partial charge in [-0.05, 0) is 0 Å². The summed E-state index contributed by atoms with van der Waals surface area (Å²) in [5.74, 6) is 0. The van der Waals surface area contributed by atoms with Gasteiger partial charge in [-0.3, -0.25) is 0 Å². The van der Waals surface area contributed by atoms with E-state index in [2.05, 4.69) is 13.8 Å². The second kappa shape index (κ2) is 22.5. The molecule has 0 saturated heterocycles. The third-order valence-electron chi connectivity index (χ3n) is 2.91. The summed E-state index contributed by atoms with van der Waals surface area (Å²) in [6, 6.07) is 0. The molecule has 0 radical (unpaired) electrons. The summed E-state index contributed by atoms with van der Waals surface area (Å²) in [6.45, 7) is 4.58. The molecule has 0 nitrogen and oxygen atoms in total. The molecule has 0 atom stereocenters. The van der Waals surface area contributed by atoms with Gasteiger partial charge < -0.3 is 24.8 Å². The normalized spacial score (nSPS) is 13.3. The van der Waals surface area contributed by atoms with E-state index in [0.717, 1.165) is 0 Å². The van der Waals surface area contributed by atoms with E-state index >= 15 is 0 Å². The second-order valence-corrected chi connectivity index (χ2v) is 8.86. The summed E-state index contributed by atoms with van der Waals surface area (Å²) in [5, 5.41) is 0. The summed E-state index contributed by atoms with van der Waals surface area (Å²) < 4.78 is 3.25. The largest absolute Gasteiger partial charge is 1.00 e. The first-order valence-electron chi connectivity index (χ1n) is 7.12. The number of hydrogen-bond acceptors (Lipinski definition) is 0. The van der Waals surface area contributed by atoms with Crippen LogP contribution in [-0.4, -0.2) is 21.1 Å². The zero-order chi connectivity index (χ0) is 11.2. The standard InChI is InChI=1S/C6H12.2C4H9.2ClH.Sn/c1-2-4-6-5-3-1;2*1-3-4-2;;;/h1-6H2;2*1,3-4H2,2H3;2*1H;/q;;;;;+2/p-2. The fourth-order valence-electron chi connectivity index (χ4n) is 1.79. The van der Waals surface area contributed by atoms with Gasteiger partial charge in [-0.25, -0.2) is 0 Å². The monoisotopic (exact) mass is 388 g/mol. The van der Waals surface area contributed by atoms with Crippen LogP contribution in [0.4, 0.5) is 0 Å². The molecule has 0 heterocycles. The molecule has 1 aliphatic rings. The SMILES string of the molecule is C1CCCCC1.CCC[CH2][Sn+2][CH2]CCC.[Cl-].[Cl-]. The number of halogens is 2. The van der Waals surface area contributed by atoms with Crippen LogP contribution in [0.1, 0.15) is 78.1 Å². The smallest absolute Gasteiger partial charge is 1.00 e. The van der Waals surface area contributed by atoms with Crippen molar-refractivity contribution in [1.82, 2.24) is 0 Å². The molecular formula is C14H30Cl2Sn. The maximum Gasteiger partial charge on any atom is -1.00 e. The van der Waals surface area contributed by atoms with Gasteiger partial charge in [-0.2, -0.15) is 0 Å². The average Bonchev–Trinajstić information content (AvgIpc) is 2.32. The molecule has 17 heavy (non-hydrogen) atoms. The van der Waals surface area contributed by atoms with Crippen LogP contribution in [0.15, 0.2) is 0 Å². The van der Waals surface area contributed by atoms with Gasteiger partial charge in [0, 0.05) is 0 Å². The van der Waals surface area contributed by atoms with Crippen LogP contribution >= 0.6 is 0 Å². The van der Waals surface area contributed by atoms with Crippen LogP contribution in [0.25, 0.3) is 0 Å².